The molecular formula is C30H34N2O2. The van der Waals surface area contributed by atoms with Crippen molar-refractivity contribution in [1.82, 2.24) is 10.6 Å². The molecule has 4 nitrogen and oxygen atoms in total. The lowest BCUT2D eigenvalue weighted by Crippen LogP contribution is -2.37. The minimum atomic E-state index is -0.804. The van der Waals surface area contributed by atoms with Crippen LogP contribution in [0.25, 0.3) is 10.8 Å². The van der Waals surface area contributed by atoms with Gasteiger partial charge in [-0.1, -0.05) is 72.5 Å². The van der Waals surface area contributed by atoms with E-state index >= 15 is 0 Å². The van der Waals surface area contributed by atoms with E-state index in [1.807, 2.05) is 57.2 Å². The van der Waals surface area contributed by atoms with E-state index in [4.69, 9.17) is 4.74 Å². The molecule has 0 saturated heterocycles. The number of carbonyl (C=O) groups is 1. The summed E-state index contributed by atoms with van der Waals surface area (Å²) >= 11 is 0. The standard InChI is InChI=1S/C30H34N2O2/c1-22(25-15-11-16-26(21-25)34-5)32-29(33)30(3,4)19-9-6-10-20-31-23(2)27-18-12-14-24-13-7-8-17-28(24)27/h6-8,10-18,21-23,31H,20H2,1-5H3,(H,32,33)/t22-,23+/m0/s1. The van der Waals surface area contributed by atoms with E-state index < -0.39 is 5.41 Å². The summed E-state index contributed by atoms with van der Waals surface area (Å²) in [4.78, 5) is 12.8. The molecule has 0 aliphatic rings. The molecule has 2 atom stereocenters. The SMILES string of the molecule is COc1cccc([C@H](C)NC(=O)C(C)(C)C#CC=CCN[C@H](C)c2cccc3ccccc23)c1. The molecule has 3 aromatic rings. The fourth-order valence-electron chi connectivity index (χ4n) is 3.75. The van der Waals surface area contributed by atoms with Gasteiger partial charge in [-0.2, -0.15) is 0 Å². The summed E-state index contributed by atoms with van der Waals surface area (Å²) < 4.78 is 5.27. The molecule has 0 spiro atoms. The third-order valence-corrected chi connectivity index (χ3v) is 5.93. The van der Waals surface area contributed by atoms with Crippen molar-refractivity contribution >= 4 is 16.7 Å². The maximum Gasteiger partial charge on any atom is 0.238 e. The Hall–Kier alpha value is -3.55. The number of carbonyl (C=O) groups excluding carboxylic acids is 1. The van der Waals surface area contributed by atoms with Crippen molar-refractivity contribution in [3.05, 3.63) is 90.0 Å². The molecular weight excluding hydrogens is 420 g/mol. The fraction of sp³-hybridized carbons (Fsp3) is 0.300. The van der Waals surface area contributed by atoms with Gasteiger partial charge in [0.25, 0.3) is 0 Å². The predicted octanol–water partition coefficient (Wildman–Crippen LogP) is 5.96. The lowest BCUT2D eigenvalue weighted by atomic mass is 9.92. The van der Waals surface area contributed by atoms with Gasteiger partial charge in [0.2, 0.25) is 5.91 Å². The molecule has 0 aliphatic heterocycles. The van der Waals surface area contributed by atoms with Crippen LogP contribution in [-0.4, -0.2) is 19.6 Å². The highest BCUT2D eigenvalue weighted by atomic mass is 16.5. The van der Waals surface area contributed by atoms with Gasteiger partial charge in [-0.05, 0) is 67.8 Å². The first-order valence-corrected chi connectivity index (χ1v) is 11.7. The molecule has 0 aromatic heterocycles. The number of hydrogen-bond acceptors (Lipinski definition) is 3. The lowest BCUT2D eigenvalue weighted by Gasteiger charge is -2.21. The average molecular weight is 455 g/mol. The minimum absolute atomic E-state index is 0.105. The van der Waals surface area contributed by atoms with Crippen molar-refractivity contribution in [3.8, 4) is 17.6 Å². The Morgan fingerprint density at radius 1 is 1.03 bits per heavy atom. The van der Waals surface area contributed by atoms with Crippen LogP contribution < -0.4 is 15.4 Å². The largest absolute Gasteiger partial charge is 0.497 e. The maximum absolute atomic E-state index is 12.8. The van der Waals surface area contributed by atoms with E-state index in [9.17, 15) is 4.79 Å². The Morgan fingerprint density at radius 3 is 2.56 bits per heavy atom. The highest BCUT2D eigenvalue weighted by Crippen LogP contribution is 2.24. The molecule has 34 heavy (non-hydrogen) atoms. The highest BCUT2D eigenvalue weighted by Gasteiger charge is 2.26. The van der Waals surface area contributed by atoms with Gasteiger partial charge < -0.3 is 15.4 Å². The summed E-state index contributed by atoms with van der Waals surface area (Å²) in [6.45, 7) is 8.49. The van der Waals surface area contributed by atoms with Crippen LogP contribution in [0.5, 0.6) is 5.75 Å². The van der Waals surface area contributed by atoms with E-state index in [2.05, 4.69) is 71.9 Å². The zero-order valence-corrected chi connectivity index (χ0v) is 20.7. The average Bonchev–Trinajstić information content (AvgIpc) is 2.85. The number of methoxy groups -OCH3 is 1. The molecule has 0 bridgehead atoms. The van der Waals surface area contributed by atoms with E-state index in [-0.39, 0.29) is 18.0 Å². The van der Waals surface area contributed by atoms with Gasteiger partial charge in [0.1, 0.15) is 11.2 Å². The van der Waals surface area contributed by atoms with Crippen LogP contribution in [-0.2, 0) is 4.79 Å². The van der Waals surface area contributed by atoms with Crippen molar-refractivity contribution < 1.29 is 9.53 Å². The molecule has 2 N–H and O–H groups in total. The molecule has 4 heteroatoms. The third-order valence-electron chi connectivity index (χ3n) is 5.93. The van der Waals surface area contributed by atoms with Gasteiger partial charge >= 0.3 is 0 Å². The monoisotopic (exact) mass is 454 g/mol. The van der Waals surface area contributed by atoms with Crippen LogP contribution in [0.4, 0.5) is 0 Å². The van der Waals surface area contributed by atoms with Crippen LogP contribution in [0.15, 0.2) is 78.9 Å². The third kappa shape index (κ3) is 6.50. The highest BCUT2D eigenvalue weighted by molar-refractivity contribution is 5.86. The van der Waals surface area contributed by atoms with Gasteiger partial charge in [0.15, 0.2) is 0 Å². The molecule has 0 saturated carbocycles. The summed E-state index contributed by atoms with van der Waals surface area (Å²) in [6, 6.07) is 22.6. The van der Waals surface area contributed by atoms with Crippen LogP contribution in [0, 0.1) is 17.3 Å². The second kappa shape index (κ2) is 11.5. The summed E-state index contributed by atoms with van der Waals surface area (Å²) in [5.74, 6) is 6.77. The molecule has 176 valence electrons. The topological polar surface area (TPSA) is 50.4 Å². The van der Waals surface area contributed by atoms with E-state index in [0.29, 0.717) is 6.54 Å². The van der Waals surface area contributed by atoms with Gasteiger partial charge in [-0.3, -0.25) is 4.79 Å². The van der Waals surface area contributed by atoms with Crippen LogP contribution in [0.3, 0.4) is 0 Å². The number of fused-ring (bicyclic) bond motifs is 1. The number of amides is 1. The normalized spacial score (nSPS) is 13.2. The first-order chi connectivity index (χ1) is 16.3. The minimum Gasteiger partial charge on any atom is -0.497 e. The van der Waals surface area contributed by atoms with E-state index in [1.165, 1.54) is 16.3 Å². The first kappa shape index (κ1) is 25.1. The van der Waals surface area contributed by atoms with Gasteiger partial charge in [0.05, 0.1) is 13.2 Å². The molecule has 0 fully saturated rings. The van der Waals surface area contributed by atoms with Crippen molar-refractivity contribution in [1.29, 1.82) is 0 Å². The van der Waals surface area contributed by atoms with Gasteiger partial charge in [0, 0.05) is 12.6 Å². The molecule has 0 heterocycles. The quantitative estimate of drug-likeness (QED) is 0.413. The molecule has 0 aliphatic carbocycles. The molecule has 0 unspecified atom stereocenters. The zero-order valence-electron chi connectivity index (χ0n) is 20.7. The van der Waals surface area contributed by atoms with Crippen molar-refractivity contribution in [2.45, 2.75) is 39.8 Å². The Kier molecular flexibility index (Phi) is 8.51. The van der Waals surface area contributed by atoms with E-state index in [1.54, 1.807) is 7.11 Å². The van der Waals surface area contributed by atoms with Gasteiger partial charge in [-0.25, -0.2) is 0 Å². The molecule has 0 radical (unpaired) electrons. The van der Waals surface area contributed by atoms with Crippen LogP contribution in [0.2, 0.25) is 0 Å². The summed E-state index contributed by atoms with van der Waals surface area (Å²) in [7, 11) is 1.63. The van der Waals surface area contributed by atoms with E-state index in [0.717, 1.165) is 11.3 Å². The first-order valence-electron chi connectivity index (χ1n) is 11.7. The number of hydrogen-bond donors (Lipinski definition) is 2. The molecule has 3 aromatic carbocycles. The summed E-state index contributed by atoms with van der Waals surface area (Å²) in [5.41, 5.74) is 1.46. The lowest BCUT2D eigenvalue weighted by molar-refractivity contribution is -0.127. The molecule has 1 amide bonds. The van der Waals surface area contributed by atoms with Gasteiger partial charge in [-0.15, -0.1) is 0 Å². The Labute approximate surface area is 203 Å². The second-order valence-electron chi connectivity index (χ2n) is 8.97. The Bertz CT molecular complexity index is 1210. The number of nitrogens with one attached hydrogen (secondary N) is 2. The van der Waals surface area contributed by atoms with Crippen molar-refractivity contribution in [3.63, 3.8) is 0 Å². The van der Waals surface area contributed by atoms with Crippen LogP contribution in [0.1, 0.15) is 50.9 Å². The smallest absolute Gasteiger partial charge is 0.238 e. The fourth-order valence-corrected chi connectivity index (χ4v) is 3.75. The molecule has 3 rings (SSSR count). The maximum atomic E-state index is 12.8. The second-order valence-corrected chi connectivity index (χ2v) is 8.97. The predicted molar refractivity (Wildman–Crippen MR) is 141 cm³/mol. The Morgan fingerprint density at radius 2 is 1.76 bits per heavy atom. The number of allylic oxidation sites excluding steroid dienone is 1. The number of benzene rings is 3. The zero-order chi connectivity index (χ0) is 24.6. The number of rotatable bonds is 8. The Balaban J connectivity index is 1.53. The summed E-state index contributed by atoms with van der Waals surface area (Å²) in [6.07, 6.45) is 3.80. The number of ether oxygens (including phenoxy) is 1. The van der Waals surface area contributed by atoms with Crippen molar-refractivity contribution in [2.24, 2.45) is 5.41 Å². The van der Waals surface area contributed by atoms with Crippen LogP contribution >= 0.6 is 0 Å². The summed E-state index contributed by atoms with van der Waals surface area (Å²) in [5, 5.41) is 9.09. The van der Waals surface area contributed by atoms with Crippen molar-refractivity contribution in [2.75, 3.05) is 13.7 Å².